The lowest BCUT2D eigenvalue weighted by Crippen LogP contribution is -2.38. The second-order valence-corrected chi connectivity index (χ2v) is 4.82. The van der Waals surface area contributed by atoms with Gasteiger partial charge in [0.2, 0.25) is 0 Å². The van der Waals surface area contributed by atoms with Gasteiger partial charge in [0.05, 0.1) is 6.54 Å². The first-order valence-electron chi connectivity index (χ1n) is 7.27. The van der Waals surface area contributed by atoms with Gasteiger partial charge >= 0.3 is 6.03 Å². The third-order valence-electron chi connectivity index (χ3n) is 3.33. The summed E-state index contributed by atoms with van der Waals surface area (Å²) < 4.78 is 5.64. The van der Waals surface area contributed by atoms with Crippen LogP contribution in [0.1, 0.15) is 13.8 Å². The molecule has 1 aromatic rings. The molecular weight excluding hydrogens is 268 g/mol. The minimum absolute atomic E-state index is 0.0110. The Balaban J connectivity index is 1.76. The van der Waals surface area contributed by atoms with Gasteiger partial charge in [0.1, 0.15) is 6.10 Å². The molecule has 1 heterocycles. The van der Waals surface area contributed by atoms with Crippen molar-refractivity contribution >= 4 is 17.7 Å². The van der Waals surface area contributed by atoms with Crippen LogP contribution in [0.2, 0.25) is 0 Å². The fourth-order valence-corrected chi connectivity index (χ4v) is 2.13. The molecule has 1 aliphatic rings. The fourth-order valence-electron chi connectivity index (χ4n) is 2.13. The highest BCUT2D eigenvalue weighted by Gasteiger charge is 2.22. The Morgan fingerprint density at radius 3 is 2.67 bits per heavy atom. The molecule has 1 aliphatic heterocycles. The summed E-state index contributed by atoms with van der Waals surface area (Å²) in [5.74, 6) is 0. The molecule has 0 bridgehead atoms. The number of carbonyl (C=O) groups is 1. The number of benzene rings is 1. The number of para-hydroxylation sites is 1. The standard InChI is InChI=1S/C15H22N4O2/c1-3-19(4-2)11-13-10-16-15(21-13)18-14(20)17-12-8-6-5-7-9-12/h5-9,13H,3-4,10-11H2,1-2H3,(H2,16,17,18,20). The van der Waals surface area contributed by atoms with E-state index < -0.39 is 0 Å². The summed E-state index contributed by atoms with van der Waals surface area (Å²) in [7, 11) is 0. The van der Waals surface area contributed by atoms with Crippen LogP contribution in [0.25, 0.3) is 0 Å². The quantitative estimate of drug-likeness (QED) is 0.870. The molecule has 2 amide bonds. The van der Waals surface area contributed by atoms with Crippen molar-refractivity contribution in [2.75, 3.05) is 31.5 Å². The molecule has 1 atom stereocenters. The van der Waals surface area contributed by atoms with Gasteiger partial charge in [-0.2, -0.15) is 0 Å². The number of likely N-dealkylation sites (N-methyl/N-ethyl adjacent to an activating group) is 1. The van der Waals surface area contributed by atoms with E-state index in [4.69, 9.17) is 4.74 Å². The van der Waals surface area contributed by atoms with Crippen molar-refractivity contribution in [1.82, 2.24) is 10.2 Å². The maximum Gasteiger partial charge on any atom is 0.327 e. The molecular formula is C15H22N4O2. The molecule has 1 aromatic carbocycles. The van der Waals surface area contributed by atoms with E-state index in [1.807, 2.05) is 30.3 Å². The topological polar surface area (TPSA) is 66.0 Å². The first-order valence-corrected chi connectivity index (χ1v) is 7.27. The zero-order valence-corrected chi connectivity index (χ0v) is 12.5. The first-order chi connectivity index (χ1) is 10.2. The molecule has 114 valence electrons. The van der Waals surface area contributed by atoms with E-state index in [1.165, 1.54) is 0 Å². The Bertz CT molecular complexity index is 486. The van der Waals surface area contributed by atoms with Gasteiger partial charge in [-0.3, -0.25) is 5.32 Å². The lowest BCUT2D eigenvalue weighted by atomic mass is 10.3. The molecule has 0 radical (unpaired) electrons. The van der Waals surface area contributed by atoms with E-state index in [0.717, 1.165) is 25.3 Å². The fraction of sp³-hybridized carbons (Fsp3) is 0.467. The average Bonchev–Trinajstić information content (AvgIpc) is 2.92. The number of anilines is 1. The number of hydrogen-bond donors (Lipinski definition) is 2. The summed E-state index contributed by atoms with van der Waals surface area (Å²) in [4.78, 5) is 18.3. The van der Waals surface area contributed by atoms with Crippen LogP contribution in [-0.4, -0.2) is 49.2 Å². The number of ether oxygens (including phenoxy) is 1. The van der Waals surface area contributed by atoms with E-state index in [1.54, 1.807) is 0 Å². The molecule has 0 fully saturated rings. The number of nitrogens with one attached hydrogen (secondary N) is 2. The Kier molecular flexibility index (Phi) is 5.57. The Morgan fingerprint density at radius 2 is 2.00 bits per heavy atom. The third kappa shape index (κ3) is 4.75. The van der Waals surface area contributed by atoms with Crippen LogP contribution in [0, 0.1) is 0 Å². The summed E-state index contributed by atoms with van der Waals surface area (Å²) in [6.45, 7) is 7.60. The predicted molar refractivity (Wildman–Crippen MR) is 83.6 cm³/mol. The van der Waals surface area contributed by atoms with Crippen molar-refractivity contribution in [3.05, 3.63) is 30.3 Å². The number of urea groups is 1. The maximum atomic E-state index is 11.8. The van der Waals surface area contributed by atoms with E-state index in [9.17, 15) is 4.79 Å². The summed E-state index contributed by atoms with van der Waals surface area (Å²) in [5, 5.41) is 5.35. The Hall–Kier alpha value is -2.08. The molecule has 0 aliphatic carbocycles. The number of amides is 2. The van der Waals surface area contributed by atoms with Gasteiger partial charge in [0.25, 0.3) is 6.02 Å². The number of hydrogen-bond acceptors (Lipinski definition) is 4. The highest BCUT2D eigenvalue weighted by atomic mass is 16.5. The first kappa shape index (κ1) is 15.3. The highest BCUT2D eigenvalue weighted by molar-refractivity contribution is 6.00. The lowest BCUT2D eigenvalue weighted by Gasteiger charge is -2.21. The number of nitrogens with zero attached hydrogens (tertiary/aromatic N) is 2. The van der Waals surface area contributed by atoms with Crippen LogP contribution in [-0.2, 0) is 4.74 Å². The second-order valence-electron chi connectivity index (χ2n) is 4.82. The van der Waals surface area contributed by atoms with Crippen molar-refractivity contribution in [3.8, 4) is 0 Å². The zero-order valence-electron chi connectivity index (χ0n) is 12.5. The third-order valence-corrected chi connectivity index (χ3v) is 3.33. The van der Waals surface area contributed by atoms with Crippen molar-refractivity contribution in [1.29, 1.82) is 0 Å². The monoisotopic (exact) mass is 290 g/mol. The summed E-state index contributed by atoms with van der Waals surface area (Å²) >= 11 is 0. The molecule has 6 heteroatoms. The van der Waals surface area contributed by atoms with E-state index in [2.05, 4.69) is 34.4 Å². The predicted octanol–water partition coefficient (Wildman–Crippen LogP) is 1.90. The minimum Gasteiger partial charge on any atom is -0.458 e. The van der Waals surface area contributed by atoms with Crippen molar-refractivity contribution < 1.29 is 9.53 Å². The van der Waals surface area contributed by atoms with Gasteiger partial charge in [-0.25, -0.2) is 9.79 Å². The smallest absolute Gasteiger partial charge is 0.327 e. The molecule has 6 nitrogen and oxygen atoms in total. The van der Waals surface area contributed by atoms with Crippen molar-refractivity contribution in [2.24, 2.45) is 4.99 Å². The molecule has 0 aromatic heterocycles. The van der Waals surface area contributed by atoms with Crippen molar-refractivity contribution in [2.45, 2.75) is 20.0 Å². The van der Waals surface area contributed by atoms with Crippen LogP contribution in [0.4, 0.5) is 10.5 Å². The van der Waals surface area contributed by atoms with Crippen LogP contribution >= 0.6 is 0 Å². The summed E-state index contributed by atoms with van der Waals surface area (Å²) in [5.41, 5.74) is 0.730. The second kappa shape index (κ2) is 7.64. The Morgan fingerprint density at radius 1 is 1.29 bits per heavy atom. The van der Waals surface area contributed by atoms with E-state index in [0.29, 0.717) is 12.6 Å². The molecule has 0 spiro atoms. The van der Waals surface area contributed by atoms with Gasteiger partial charge < -0.3 is 15.0 Å². The zero-order chi connectivity index (χ0) is 15.1. The number of aliphatic imine (C=N–C) groups is 1. The molecule has 2 N–H and O–H groups in total. The van der Waals surface area contributed by atoms with Crippen molar-refractivity contribution in [3.63, 3.8) is 0 Å². The highest BCUT2D eigenvalue weighted by Crippen LogP contribution is 2.07. The van der Waals surface area contributed by atoms with E-state index >= 15 is 0 Å². The summed E-state index contributed by atoms with van der Waals surface area (Å²) in [6, 6.07) is 9.20. The van der Waals surface area contributed by atoms with Gasteiger partial charge in [-0.1, -0.05) is 32.0 Å². The van der Waals surface area contributed by atoms with Gasteiger partial charge in [0, 0.05) is 12.2 Å². The van der Waals surface area contributed by atoms with Gasteiger partial charge in [-0.15, -0.1) is 0 Å². The van der Waals surface area contributed by atoms with Crippen LogP contribution in [0.3, 0.4) is 0 Å². The number of rotatable bonds is 5. The minimum atomic E-state index is -0.344. The van der Waals surface area contributed by atoms with Crippen LogP contribution in [0.5, 0.6) is 0 Å². The number of carbonyl (C=O) groups excluding carboxylic acids is 1. The summed E-state index contributed by atoms with van der Waals surface area (Å²) in [6.07, 6.45) is 0.0110. The molecule has 0 saturated carbocycles. The molecule has 1 unspecified atom stereocenters. The van der Waals surface area contributed by atoms with E-state index in [-0.39, 0.29) is 12.1 Å². The largest absolute Gasteiger partial charge is 0.458 e. The Labute approximate surface area is 125 Å². The molecule has 0 saturated heterocycles. The number of amidine groups is 1. The average molecular weight is 290 g/mol. The molecule has 2 rings (SSSR count). The van der Waals surface area contributed by atoms with Crippen LogP contribution < -0.4 is 10.6 Å². The lowest BCUT2D eigenvalue weighted by molar-refractivity contribution is 0.149. The SMILES string of the molecule is CCN(CC)CC1CN=C(NC(=O)Nc2ccccc2)O1. The normalized spacial score (nSPS) is 17.3. The maximum absolute atomic E-state index is 11.8. The van der Waals surface area contributed by atoms with Gasteiger partial charge in [0.15, 0.2) is 0 Å². The van der Waals surface area contributed by atoms with Crippen LogP contribution in [0.15, 0.2) is 35.3 Å². The molecule has 21 heavy (non-hydrogen) atoms. The van der Waals surface area contributed by atoms with Gasteiger partial charge in [-0.05, 0) is 25.2 Å².